The van der Waals surface area contributed by atoms with E-state index in [9.17, 15) is 9.59 Å². The minimum absolute atomic E-state index is 0.327. The third-order valence-electron chi connectivity index (χ3n) is 3.90. The monoisotopic (exact) mass is 410 g/mol. The fourth-order valence-corrected chi connectivity index (χ4v) is 3.87. The summed E-state index contributed by atoms with van der Waals surface area (Å²) in [7, 11) is 0. The van der Waals surface area contributed by atoms with Crippen molar-refractivity contribution in [1.82, 2.24) is 0 Å². The highest BCUT2D eigenvalue weighted by Gasteiger charge is 2.18. The number of anilines is 1. The molecule has 1 atom stereocenters. The summed E-state index contributed by atoms with van der Waals surface area (Å²) in [6.45, 7) is 1.46. The first-order valence-electron chi connectivity index (χ1n) is 8.35. The first-order valence-corrected chi connectivity index (χ1v) is 9.54. The maximum atomic E-state index is 12.2. The van der Waals surface area contributed by atoms with Crippen molar-refractivity contribution in [2.75, 3.05) is 5.32 Å². The predicted molar refractivity (Wildman–Crippen MR) is 111 cm³/mol. The topological polar surface area (TPSA) is 79.2 Å². The van der Waals surface area contributed by atoms with Crippen molar-refractivity contribution in [2.45, 2.75) is 13.0 Å². The van der Waals surface area contributed by atoms with Crippen LogP contribution < -0.4 is 5.32 Å². The maximum absolute atomic E-state index is 12.2. The lowest BCUT2D eigenvalue weighted by molar-refractivity contribution is -0.148. The van der Waals surface area contributed by atoms with E-state index in [1.54, 1.807) is 30.3 Å². The van der Waals surface area contributed by atoms with Crippen LogP contribution >= 0.6 is 22.9 Å². The van der Waals surface area contributed by atoms with Gasteiger partial charge in [-0.3, -0.25) is 4.79 Å². The molecule has 0 aliphatic carbocycles. The lowest BCUT2D eigenvalue weighted by atomic mass is 10.2. The summed E-state index contributed by atoms with van der Waals surface area (Å²) in [4.78, 5) is 25.0. The molecule has 28 heavy (non-hydrogen) atoms. The number of carbonyl (C=O) groups is 2. The minimum atomic E-state index is -1.03. The molecule has 1 amide bonds. The Hall–Kier alpha value is -3.14. The Morgan fingerprint density at radius 1 is 1.21 bits per heavy atom. The lowest BCUT2D eigenvalue weighted by Crippen LogP contribution is -2.29. The molecule has 7 heteroatoms. The molecule has 1 N–H and O–H groups in total. The summed E-state index contributed by atoms with van der Waals surface area (Å²) < 4.78 is 6.15. The van der Waals surface area contributed by atoms with E-state index in [0.717, 1.165) is 15.0 Å². The molecule has 0 aliphatic rings. The summed E-state index contributed by atoms with van der Waals surface area (Å²) in [6, 6.07) is 16.3. The van der Waals surface area contributed by atoms with E-state index in [1.807, 2.05) is 30.3 Å². The van der Waals surface area contributed by atoms with Crippen LogP contribution in [0, 0.1) is 11.3 Å². The summed E-state index contributed by atoms with van der Waals surface area (Å²) in [5.74, 6) is -1.19. The maximum Gasteiger partial charge on any atom is 0.331 e. The highest BCUT2D eigenvalue weighted by atomic mass is 35.5. The molecular formula is C21H15ClN2O3S. The van der Waals surface area contributed by atoms with Crippen molar-refractivity contribution in [3.8, 4) is 6.07 Å². The van der Waals surface area contributed by atoms with Crippen molar-refractivity contribution in [1.29, 1.82) is 5.26 Å². The third-order valence-corrected chi connectivity index (χ3v) is 5.55. The van der Waals surface area contributed by atoms with Gasteiger partial charge in [0.25, 0.3) is 5.91 Å². The van der Waals surface area contributed by atoms with Gasteiger partial charge in [0.15, 0.2) is 6.10 Å². The average Bonchev–Trinajstić information content (AvgIpc) is 3.02. The van der Waals surface area contributed by atoms with E-state index in [2.05, 4.69) is 5.32 Å². The van der Waals surface area contributed by atoms with Gasteiger partial charge in [-0.25, -0.2) is 4.79 Å². The number of nitrogens with zero attached hydrogens (tertiary/aromatic N) is 1. The molecule has 1 aromatic heterocycles. The van der Waals surface area contributed by atoms with Gasteiger partial charge in [-0.2, -0.15) is 5.26 Å². The fourth-order valence-electron chi connectivity index (χ4n) is 2.47. The Balaban J connectivity index is 1.63. The van der Waals surface area contributed by atoms with Crippen molar-refractivity contribution < 1.29 is 14.3 Å². The number of thiophene rings is 1. The SMILES string of the molecule is C[C@H](OC(=O)/C=C/c1sc2ccccc2c1Cl)C(=O)Nc1ccccc1C#N. The molecule has 3 aromatic rings. The van der Waals surface area contributed by atoms with Crippen LogP contribution in [0.2, 0.25) is 5.02 Å². The zero-order valence-corrected chi connectivity index (χ0v) is 16.4. The van der Waals surface area contributed by atoms with E-state index < -0.39 is 18.0 Å². The number of hydrogen-bond acceptors (Lipinski definition) is 5. The zero-order chi connectivity index (χ0) is 20.1. The number of fused-ring (bicyclic) bond motifs is 1. The van der Waals surface area contributed by atoms with Crippen LogP contribution in [0.3, 0.4) is 0 Å². The number of nitriles is 1. The van der Waals surface area contributed by atoms with Crippen LogP contribution in [0.4, 0.5) is 5.69 Å². The second-order valence-electron chi connectivity index (χ2n) is 5.84. The summed E-state index contributed by atoms with van der Waals surface area (Å²) in [5.41, 5.74) is 0.694. The smallest absolute Gasteiger partial charge is 0.331 e. The fraction of sp³-hybridized carbons (Fsp3) is 0.0952. The van der Waals surface area contributed by atoms with Crippen molar-refractivity contribution in [3.63, 3.8) is 0 Å². The number of nitrogens with one attached hydrogen (secondary N) is 1. The molecular weight excluding hydrogens is 396 g/mol. The standard InChI is InChI=1S/C21H15ClN2O3S/c1-13(21(26)24-16-8-4-2-6-14(16)12-23)27-19(25)11-10-18-20(22)15-7-3-5-9-17(15)28-18/h2-11,13H,1H3,(H,24,26)/b11-10+/t13-/m0/s1. The van der Waals surface area contributed by atoms with E-state index in [0.29, 0.717) is 16.3 Å². The largest absolute Gasteiger partial charge is 0.449 e. The average molecular weight is 411 g/mol. The molecule has 0 saturated carbocycles. The van der Waals surface area contributed by atoms with Crippen molar-refractivity contribution in [2.24, 2.45) is 0 Å². The highest BCUT2D eigenvalue weighted by molar-refractivity contribution is 7.20. The molecule has 0 saturated heterocycles. The van der Waals surface area contributed by atoms with Crippen LogP contribution in [0.1, 0.15) is 17.4 Å². The number of amides is 1. The number of ether oxygens (including phenoxy) is 1. The highest BCUT2D eigenvalue weighted by Crippen LogP contribution is 2.35. The van der Waals surface area contributed by atoms with Gasteiger partial charge in [0.1, 0.15) is 6.07 Å². The molecule has 1 heterocycles. The molecule has 0 spiro atoms. The lowest BCUT2D eigenvalue weighted by Gasteiger charge is -2.13. The second kappa shape index (κ2) is 8.70. The van der Waals surface area contributed by atoms with Gasteiger partial charge in [0.2, 0.25) is 0 Å². The van der Waals surface area contributed by atoms with Gasteiger partial charge in [-0.05, 0) is 31.2 Å². The van der Waals surface area contributed by atoms with Gasteiger partial charge in [0.05, 0.1) is 16.3 Å². The van der Waals surface area contributed by atoms with E-state index >= 15 is 0 Å². The van der Waals surface area contributed by atoms with Gasteiger partial charge < -0.3 is 10.1 Å². The number of rotatable bonds is 5. The molecule has 0 bridgehead atoms. The Bertz CT molecular complexity index is 1110. The minimum Gasteiger partial charge on any atom is -0.449 e. The first-order chi connectivity index (χ1) is 13.5. The van der Waals surface area contributed by atoms with E-state index in [-0.39, 0.29) is 0 Å². The number of para-hydroxylation sites is 1. The summed E-state index contributed by atoms with van der Waals surface area (Å²) >= 11 is 7.79. The molecule has 0 aliphatic heterocycles. The van der Waals surface area contributed by atoms with E-state index in [4.69, 9.17) is 21.6 Å². The van der Waals surface area contributed by atoms with Crippen LogP contribution in [0.15, 0.2) is 54.6 Å². The number of carbonyl (C=O) groups excluding carboxylic acids is 2. The van der Waals surface area contributed by atoms with Crippen molar-refractivity contribution in [3.05, 3.63) is 70.1 Å². The van der Waals surface area contributed by atoms with Crippen LogP contribution in [0.5, 0.6) is 0 Å². The molecule has 2 aromatic carbocycles. The van der Waals surface area contributed by atoms with Gasteiger partial charge in [-0.1, -0.05) is 41.9 Å². The second-order valence-corrected chi connectivity index (χ2v) is 7.30. The number of hydrogen-bond donors (Lipinski definition) is 1. The molecule has 0 radical (unpaired) electrons. The van der Waals surface area contributed by atoms with Gasteiger partial charge >= 0.3 is 5.97 Å². The summed E-state index contributed by atoms with van der Waals surface area (Å²) in [5, 5.41) is 13.1. The normalized spacial score (nSPS) is 11.9. The van der Waals surface area contributed by atoms with Crippen LogP contribution in [0.25, 0.3) is 16.2 Å². The number of halogens is 1. The number of benzene rings is 2. The van der Waals surface area contributed by atoms with Crippen LogP contribution in [-0.4, -0.2) is 18.0 Å². The molecule has 5 nitrogen and oxygen atoms in total. The molecule has 3 rings (SSSR count). The summed E-state index contributed by atoms with van der Waals surface area (Å²) in [6.07, 6.45) is 1.79. The zero-order valence-electron chi connectivity index (χ0n) is 14.8. The molecule has 140 valence electrons. The Morgan fingerprint density at radius 3 is 2.68 bits per heavy atom. The first kappa shape index (κ1) is 19.6. The van der Waals surface area contributed by atoms with Gasteiger partial charge in [0, 0.05) is 21.0 Å². The third kappa shape index (κ3) is 4.39. The molecule has 0 unspecified atom stereocenters. The number of esters is 1. The van der Waals surface area contributed by atoms with E-state index in [1.165, 1.54) is 24.3 Å². The Labute approximate surface area is 170 Å². The van der Waals surface area contributed by atoms with Gasteiger partial charge in [-0.15, -0.1) is 11.3 Å². The Kier molecular flexibility index (Phi) is 6.09. The Morgan fingerprint density at radius 2 is 1.93 bits per heavy atom. The molecule has 0 fully saturated rings. The predicted octanol–water partition coefficient (Wildman–Crippen LogP) is 5.01. The van der Waals surface area contributed by atoms with Crippen molar-refractivity contribution >= 4 is 56.7 Å². The van der Waals surface area contributed by atoms with Crippen LogP contribution in [-0.2, 0) is 14.3 Å². The quantitative estimate of drug-likeness (QED) is 0.473.